The summed E-state index contributed by atoms with van der Waals surface area (Å²) in [5.74, 6) is 0.266. The van der Waals surface area contributed by atoms with Gasteiger partial charge in [-0.25, -0.2) is 0 Å². The monoisotopic (exact) mass is 275 g/mol. The fourth-order valence-corrected chi connectivity index (χ4v) is 2.56. The topological polar surface area (TPSA) is 29.1 Å². The number of rotatable bonds is 5. The van der Waals surface area contributed by atoms with Gasteiger partial charge in [0.25, 0.3) is 0 Å². The molecule has 0 aromatic carbocycles. The third-order valence-corrected chi connectivity index (χ3v) is 3.96. The summed E-state index contributed by atoms with van der Waals surface area (Å²) >= 11 is 3.41. The van der Waals surface area contributed by atoms with Gasteiger partial charge in [0, 0.05) is 16.8 Å². The van der Waals surface area contributed by atoms with Crippen LogP contribution in [0.1, 0.15) is 52.4 Å². The summed E-state index contributed by atoms with van der Waals surface area (Å²) in [4.78, 5) is 12.0. The molecule has 1 atom stereocenters. The Bertz CT molecular complexity index is 212. The van der Waals surface area contributed by atoms with Crippen molar-refractivity contribution in [1.29, 1.82) is 0 Å². The van der Waals surface area contributed by atoms with Gasteiger partial charge >= 0.3 is 0 Å². The van der Waals surface area contributed by atoms with Gasteiger partial charge < -0.3 is 5.32 Å². The average Bonchev–Trinajstić information content (AvgIpc) is 2.63. The van der Waals surface area contributed by atoms with Crippen molar-refractivity contribution >= 4 is 21.8 Å². The third-order valence-electron chi connectivity index (χ3n) is 3.40. The molecule has 1 aliphatic carbocycles. The lowest BCUT2D eigenvalue weighted by Gasteiger charge is -2.25. The van der Waals surface area contributed by atoms with Crippen LogP contribution in [0, 0.1) is 5.41 Å². The number of halogens is 1. The normalized spacial score (nSPS) is 21.3. The summed E-state index contributed by atoms with van der Waals surface area (Å²) in [6.07, 6.45) is 6.72. The predicted molar refractivity (Wildman–Crippen MR) is 67.2 cm³/mol. The van der Waals surface area contributed by atoms with Crippen LogP contribution in [-0.4, -0.2) is 17.3 Å². The van der Waals surface area contributed by atoms with Crippen LogP contribution in [0.25, 0.3) is 0 Å². The van der Waals surface area contributed by atoms with E-state index in [1.807, 2.05) is 0 Å². The molecule has 0 aromatic heterocycles. The summed E-state index contributed by atoms with van der Waals surface area (Å²) in [7, 11) is 0. The van der Waals surface area contributed by atoms with Crippen LogP contribution in [0.3, 0.4) is 0 Å². The van der Waals surface area contributed by atoms with E-state index in [1.54, 1.807) is 0 Å². The van der Waals surface area contributed by atoms with Gasteiger partial charge in [-0.2, -0.15) is 0 Å². The highest BCUT2D eigenvalue weighted by molar-refractivity contribution is 9.09. The Kier molecular flexibility index (Phi) is 5.10. The Hall–Kier alpha value is -0.0500. The quantitative estimate of drug-likeness (QED) is 0.767. The lowest BCUT2D eigenvalue weighted by atomic mass is 9.87. The van der Waals surface area contributed by atoms with Crippen LogP contribution in [0.4, 0.5) is 0 Å². The molecule has 2 nitrogen and oxygen atoms in total. The first-order valence-electron chi connectivity index (χ1n) is 5.95. The van der Waals surface area contributed by atoms with Gasteiger partial charge in [0.1, 0.15) is 0 Å². The summed E-state index contributed by atoms with van der Waals surface area (Å²) in [5, 5.41) is 4.16. The first kappa shape index (κ1) is 13.0. The molecule has 1 saturated carbocycles. The molecule has 1 unspecified atom stereocenters. The van der Waals surface area contributed by atoms with E-state index in [9.17, 15) is 4.79 Å². The van der Waals surface area contributed by atoms with Crippen molar-refractivity contribution in [2.75, 3.05) is 5.33 Å². The second-order valence-corrected chi connectivity index (χ2v) is 5.77. The number of carbonyl (C=O) groups is 1. The molecule has 15 heavy (non-hydrogen) atoms. The average molecular weight is 276 g/mol. The van der Waals surface area contributed by atoms with E-state index >= 15 is 0 Å². The fourth-order valence-electron chi connectivity index (χ4n) is 2.24. The third kappa shape index (κ3) is 3.78. The van der Waals surface area contributed by atoms with Crippen molar-refractivity contribution < 1.29 is 4.79 Å². The molecular weight excluding hydrogens is 254 g/mol. The highest BCUT2D eigenvalue weighted by Gasteiger charge is 2.36. The SMILES string of the molecule is CC(CCCBr)NC(=O)C1(C)CCCC1. The number of hydrogen-bond donors (Lipinski definition) is 1. The molecule has 1 amide bonds. The van der Waals surface area contributed by atoms with E-state index in [0.717, 1.165) is 31.0 Å². The second kappa shape index (κ2) is 5.88. The number of hydrogen-bond acceptors (Lipinski definition) is 1. The molecule has 0 heterocycles. The smallest absolute Gasteiger partial charge is 0.226 e. The van der Waals surface area contributed by atoms with Gasteiger partial charge in [0.15, 0.2) is 0 Å². The zero-order valence-corrected chi connectivity index (χ0v) is 11.4. The molecule has 0 spiro atoms. The minimum atomic E-state index is -0.0807. The summed E-state index contributed by atoms with van der Waals surface area (Å²) in [6.45, 7) is 4.20. The second-order valence-electron chi connectivity index (χ2n) is 4.97. The van der Waals surface area contributed by atoms with Crippen molar-refractivity contribution in [3.8, 4) is 0 Å². The molecule has 0 saturated heterocycles. The Morgan fingerprint density at radius 1 is 1.47 bits per heavy atom. The lowest BCUT2D eigenvalue weighted by molar-refractivity contribution is -0.130. The molecular formula is C12H22BrNO. The summed E-state index contributed by atoms with van der Waals surface area (Å²) in [6, 6.07) is 0.312. The molecule has 1 aliphatic rings. The van der Waals surface area contributed by atoms with E-state index in [1.165, 1.54) is 12.8 Å². The van der Waals surface area contributed by atoms with E-state index in [4.69, 9.17) is 0 Å². The first-order chi connectivity index (χ1) is 7.08. The molecule has 0 radical (unpaired) electrons. The molecule has 1 N–H and O–H groups in total. The van der Waals surface area contributed by atoms with Crippen molar-refractivity contribution in [1.82, 2.24) is 5.32 Å². The highest BCUT2D eigenvalue weighted by atomic mass is 79.9. The Morgan fingerprint density at radius 3 is 2.60 bits per heavy atom. The standard InChI is InChI=1S/C12H22BrNO/c1-10(6-5-9-13)14-11(15)12(2)7-3-4-8-12/h10H,3-9H2,1-2H3,(H,14,15). The predicted octanol–water partition coefficient (Wildman–Crippen LogP) is 3.25. The summed E-state index contributed by atoms with van der Waals surface area (Å²) < 4.78 is 0. The van der Waals surface area contributed by atoms with Crippen LogP contribution in [0.2, 0.25) is 0 Å². The minimum Gasteiger partial charge on any atom is -0.353 e. The fraction of sp³-hybridized carbons (Fsp3) is 0.917. The van der Waals surface area contributed by atoms with E-state index in [0.29, 0.717) is 6.04 Å². The van der Waals surface area contributed by atoms with E-state index in [-0.39, 0.29) is 11.3 Å². The van der Waals surface area contributed by atoms with Crippen molar-refractivity contribution in [2.45, 2.75) is 58.4 Å². The Labute approximate surface area is 101 Å². The molecule has 1 fully saturated rings. The maximum atomic E-state index is 12.0. The van der Waals surface area contributed by atoms with Crippen molar-refractivity contribution in [3.05, 3.63) is 0 Å². The van der Waals surface area contributed by atoms with Crippen LogP contribution in [0.15, 0.2) is 0 Å². The highest BCUT2D eigenvalue weighted by Crippen LogP contribution is 2.37. The van der Waals surface area contributed by atoms with Crippen LogP contribution in [-0.2, 0) is 4.79 Å². The first-order valence-corrected chi connectivity index (χ1v) is 7.07. The zero-order valence-electron chi connectivity index (χ0n) is 9.81. The molecule has 0 aliphatic heterocycles. The summed E-state index contributed by atoms with van der Waals surface area (Å²) in [5.41, 5.74) is -0.0807. The van der Waals surface area contributed by atoms with E-state index < -0.39 is 0 Å². The largest absolute Gasteiger partial charge is 0.353 e. The maximum absolute atomic E-state index is 12.0. The van der Waals surface area contributed by atoms with E-state index in [2.05, 4.69) is 35.1 Å². The number of alkyl halides is 1. The molecule has 0 aromatic rings. The van der Waals surface area contributed by atoms with Gasteiger partial charge in [-0.3, -0.25) is 4.79 Å². The van der Waals surface area contributed by atoms with Gasteiger partial charge in [-0.1, -0.05) is 35.7 Å². The van der Waals surface area contributed by atoms with Gasteiger partial charge in [-0.15, -0.1) is 0 Å². The van der Waals surface area contributed by atoms with Gasteiger partial charge in [0.05, 0.1) is 0 Å². The number of amides is 1. The minimum absolute atomic E-state index is 0.0807. The van der Waals surface area contributed by atoms with Gasteiger partial charge in [0.2, 0.25) is 5.91 Å². The Morgan fingerprint density at radius 2 is 2.07 bits per heavy atom. The van der Waals surface area contributed by atoms with Crippen molar-refractivity contribution in [3.63, 3.8) is 0 Å². The van der Waals surface area contributed by atoms with Crippen molar-refractivity contribution in [2.24, 2.45) is 5.41 Å². The zero-order chi connectivity index (χ0) is 11.3. The molecule has 88 valence electrons. The number of carbonyl (C=O) groups excluding carboxylic acids is 1. The lowest BCUT2D eigenvalue weighted by Crippen LogP contribution is -2.41. The molecule has 3 heteroatoms. The van der Waals surface area contributed by atoms with Gasteiger partial charge in [-0.05, 0) is 32.6 Å². The molecule has 1 rings (SSSR count). The Balaban J connectivity index is 2.34. The van der Waals surface area contributed by atoms with Crippen LogP contribution >= 0.6 is 15.9 Å². The van der Waals surface area contributed by atoms with Crippen LogP contribution < -0.4 is 5.32 Å². The molecule has 0 bridgehead atoms. The number of nitrogens with one attached hydrogen (secondary N) is 1. The van der Waals surface area contributed by atoms with Crippen LogP contribution in [0.5, 0.6) is 0 Å². The maximum Gasteiger partial charge on any atom is 0.226 e.